The van der Waals surface area contributed by atoms with E-state index in [9.17, 15) is 14.4 Å². The van der Waals surface area contributed by atoms with Gasteiger partial charge in [-0.15, -0.1) is 0 Å². The van der Waals surface area contributed by atoms with Gasteiger partial charge in [0, 0.05) is 24.7 Å². The SMILES string of the molecule is CC(=O)Nc1ccc(NC(=O)COC(=O)c2cc(Cl)c3c(c2)OCCCO3)cc1. The maximum atomic E-state index is 12.3. The molecule has 3 rings (SSSR count). The second-order valence-corrected chi connectivity index (χ2v) is 6.63. The van der Waals surface area contributed by atoms with Crippen LogP contribution in [-0.2, 0) is 14.3 Å². The third-order valence-electron chi connectivity index (χ3n) is 3.86. The van der Waals surface area contributed by atoms with Gasteiger partial charge in [-0.2, -0.15) is 0 Å². The lowest BCUT2D eigenvalue weighted by Gasteiger charge is -2.11. The highest BCUT2D eigenvalue weighted by Crippen LogP contribution is 2.38. The molecule has 0 radical (unpaired) electrons. The molecule has 0 aliphatic carbocycles. The van der Waals surface area contributed by atoms with Crippen LogP contribution in [0.3, 0.4) is 0 Å². The monoisotopic (exact) mass is 418 g/mol. The molecule has 152 valence electrons. The molecule has 0 fully saturated rings. The number of halogens is 1. The van der Waals surface area contributed by atoms with Gasteiger partial charge >= 0.3 is 5.97 Å². The van der Waals surface area contributed by atoms with Gasteiger partial charge in [-0.1, -0.05) is 11.6 Å². The molecule has 0 aromatic heterocycles. The van der Waals surface area contributed by atoms with E-state index in [0.29, 0.717) is 42.5 Å². The lowest BCUT2D eigenvalue weighted by molar-refractivity contribution is -0.119. The molecule has 9 heteroatoms. The van der Waals surface area contributed by atoms with E-state index >= 15 is 0 Å². The minimum Gasteiger partial charge on any atom is -0.489 e. The van der Waals surface area contributed by atoms with E-state index in [1.165, 1.54) is 19.1 Å². The normalized spacial score (nSPS) is 12.5. The molecule has 0 saturated carbocycles. The Balaban J connectivity index is 1.56. The van der Waals surface area contributed by atoms with Crippen molar-refractivity contribution in [3.63, 3.8) is 0 Å². The van der Waals surface area contributed by atoms with E-state index in [1.807, 2.05) is 0 Å². The lowest BCUT2D eigenvalue weighted by atomic mass is 10.2. The van der Waals surface area contributed by atoms with E-state index in [0.717, 1.165) is 0 Å². The highest BCUT2D eigenvalue weighted by Gasteiger charge is 2.19. The Kier molecular flexibility index (Phi) is 6.56. The van der Waals surface area contributed by atoms with Crippen molar-refractivity contribution in [2.75, 3.05) is 30.5 Å². The Bertz CT molecular complexity index is 929. The number of benzene rings is 2. The van der Waals surface area contributed by atoms with Gasteiger partial charge < -0.3 is 24.8 Å². The summed E-state index contributed by atoms with van der Waals surface area (Å²) in [4.78, 5) is 35.3. The number of hydrogen-bond donors (Lipinski definition) is 2. The smallest absolute Gasteiger partial charge is 0.338 e. The number of carbonyl (C=O) groups excluding carboxylic acids is 3. The van der Waals surface area contributed by atoms with Gasteiger partial charge in [-0.05, 0) is 36.4 Å². The van der Waals surface area contributed by atoms with E-state index in [1.54, 1.807) is 24.3 Å². The van der Waals surface area contributed by atoms with Gasteiger partial charge in [0.05, 0.1) is 23.8 Å². The number of rotatable bonds is 5. The summed E-state index contributed by atoms with van der Waals surface area (Å²) in [5, 5.41) is 5.46. The highest BCUT2D eigenvalue weighted by molar-refractivity contribution is 6.32. The van der Waals surface area contributed by atoms with Gasteiger partial charge in [0.25, 0.3) is 5.91 Å². The molecule has 0 unspecified atom stereocenters. The van der Waals surface area contributed by atoms with Crippen molar-refractivity contribution in [2.45, 2.75) is 13.3 Å². The standard InChI is InChI=1S/C20H19ClN2O6/c1-12(24)22-14-3-5-15(6-4-14)23-18(25)11-29-20(26)13-9-16(21)19-17(10-13)27-7-2-8-28-19/h3-6,9-10H,2,7-8,11H2,1H3,(H,22,24)(H,23,25). The molecule has 2 amide bonds. The summed E-state index contributed by atoms with van der Waals surface area (Å²) in [7, 11) is 0. The van der Waals surface area contributed by atoms with Crippen LogP contribution in [0, 0.1) is 0 Å². The van der Waals surface area contributed by atoms with Gasteiger partial charge in [0.1, 0.15) is 0 Å². The third kappa shape index (κ3) is 5.61. The Labute approximate surface area is 172 Å². The fraction of sp³-hybridized carbons (Fsp3) is 0.250. The zero-order chi connectivity index (χ0) is 20.8. The first kappa shape index (κ1) is 20.5. The Hall–Kier alpha value is -3.26. The molecule has 0 atom stereocenters. The predicted octanol–water partition coefficient (Wildman–Crippen LogP) is 3.26. The number of carbonyl (C=O) groups is 3. The molecule has 2 aromatic rings. The molecule has 1 heterocycles. The molecule has 8 nitrogen and oxygen atoms in total. The maximum absolute atomic E-state index is 12.3. The Morgan fingerprint density at radius 1 is 1.03 bits per heavy atom. The van der Waals surface area contributed by atoms with Crippen LogP contribution >= 0.6 is 11.6 Å². The van der Waals surface area contributed by atoms with Crippen molar-refractivity contribution in [1.82, 2.24) is 0 Å². The van der Waals surface area contributed by atoms with Crippen LogP contribution in [0.2, 0.25) is 5.02 Å². The van der Waals surface area contributed by atoms with Crippen LogP contribution in [0.4, 0.5) is 11.4 Å². The predicted molar refractivity (Wildman–Crippen MR) is 107 cm³/mol. The minimum atomic E-state index is -0.710. The van der Waals surface area contributed by atoms with Crippen LogP contribution < -0.4 is 20.1 Å². The zero-order valence-corrected chi connectivity index (χ0v) is 16.4. The number of amides is 2. The topological polar surface area (TPSA) is 103 Å². The number of hydrogen-bond acceptors (Lipinski definition) is 6. The lowest BCUT2D eigenvalue weighted by Crippen LogP contribution is -2.21. The summed E-state index contributed by atoms with van der Waals surface area (Å²) in [5.41, 5.74) is 1.26. The number of fused-ring (bicyclic) bond motifs is 1. The number of esters is 1. The van der Waals surface area contributed by atoms with Crippen LogP contribution in [0.5, 0.6) is 11.5 Å². The molecular formula is C20H19ClN2O6. The summed E-state index contributed by atoms with van der Waals surface area (Å²) in [6.07, 6.45) is 0.705. The first-order chi connectivity index (χ1) is 13.9. The molecular weight excluding hydrogens is 400 g/mol. The van der Waals surface area contributed by atoms with Crippen LogP contribution in [-0.4, -0.2) is 37.6 Å². The van der Waals surface area contributed by atoms with Crippen molar-refractivity contribution in [2.24, 2.45) is 0 Å². The van der Waals surface area contributed by atoms with Crippen molar-refractivity contribution < 1.29 is 28.6 Å². The first-order valence-electron chi connectivity index (χ1n) is 8.86. The van der Waals surface area contributed by atoms with Gasteiger partial charge in [-0.25, -0.2) is 4.79 Å². The quantitative estimate of drug-likeness (QED) is 0.722. The van der Waals surface area contributed by atoms with E-state index < -0.39 is 18.5 Å². The van der Waals surface area contributed by atoms with Crippen LogP contribution in [0.15, 0.2) is 36.4 Å². The molecule has 29 heavy (non-hydrogen) atoms. The summed E-state index contributed by atoms with van der Waals surface area (Å²) in [6, 6.07) is 9.41. The second kappa shape index (κ2) is 9.29. The van der Waals surface area contributed by atoms with E-state index in [4.69, 9.17) is 25.8 Å². The maximum Gasteiger partial charge on any atom is 0.338 e. The first-order valence-corrected chi connectivity index (χ1v) is 9.24. The Morgan fingerprint density at radius 2 is 1.69 bits per heavy atom. The van der Waals surface area contributed by atoms with Crippen LogP contribution in [0.25, 0.3) is 0 Å². The highest BCUT2D eigenvalue weighted by atomic mass is 35.5. The largest absolute Gasteiger partial charge is 0.489 e. The average molecular weight is 419 g/mol. The van der Waals surface area contributed by atoms with Gasteiger partial charge in [-0.3, -0.25) is 9.59 Å². The van der Waals surface area contributed by atoms with E-state index in [2.05, 4.69) is 10.6 Å². The average Bonchev–Trinajstić information content (AvgIpc) is 2.93. The molecule has 0 saturated heterocycles. The van der Waals surface area contributed by atoms with Crippen molar-refractivity contribution in [1.29, 1.82) is 0 Å². The molecule has 2 aromatic carbocycles. The summed E-state index contributed by atoms with van der Waals surface area (Å²) in [6.45, 7) is 1.85. The Morgan fingerprint density at radius 3 is 2.38 bits per heavy atom. The number of nitrogens with one attached hydrogen (secondary N) is 2. The summed E-state index contributed by atoms with van der Waals surface area (Å²) < 4.78 is 16.1. The third-order valence-corrected chi connectivity index (χ3v) is 4.14. The molecule has 0 bridgehead atoms. The number of anilines is 2. The fourth-order valence-corrected chi connectivity index (χ4v) is 2.87. The molecule has 1 aliphatic heterocycles. The summed E-state index contributed by atoms with van der Waals surface area (Å²) >= 11 is 6.16. The minimum absolute atomic E-state index is 0.159. The zero-order valence-electron chi connectivity index (χ0n) is 15.6. The van der Waals surface area contributed by atoms with E-state index in [-0.39, 0.29) is 16.5 Å². The van der Waals surface area contributed by atoms with Crippen LogP contribution in [0.1, 0.15) is 23.7 Å². The van der Waals surface area contributed by atoms with Crippen molar-refractivity contribution in [3.05, 3.63) is 47.0 Å². The molecule has 2 N–H and O–H groups in total. The fourth-order valence-electron chi connectivity index (χ4n) is 2.60. The second-order valence-electron chi connectivity index (χ2n) is 6.22. The van der Waals surface area contributed by atoms with Crippen molar-refractivity contribution >= 4 is 40.8 Å². The van der Waals surface area contributed by atoms with Gasteiger partial charge in [0.15, 0.2) is 18.1 Å². The van der Waals surface area contributed by atoms with Gasteiger partial charge in [0.2, 0.25) is 5.91 Å². The molecule has 0 spiro atoms. The van der Waals surface area contributed by atoms with Crippen molar-refractivity contribution in [3.8, 4) is 11.5 Å². The number of ether oxygens (including phenoxy) is 3. The molecule has 1 aliphatic rings. The summed E-state index contributed by atoms with van der Waals surface area (Å²) in [5.74, 6) is -0.653.